The van der Waals surface area contributed by atoms with Crippen molar-refractivity contribution >= 4 is 16.8 Å². The van der Waals surface area contributed by atoms with E-state index in [2.05, 4.69) is 50.2 Å². The summed E-state index contributed by atoms with van der Waals surface area (Å²) in [5.41, 5.74) is 9.16. The smallest absolute Gasteiger partial charge is 0.218 e. The zero-order chi connectivity index (χ0) is 14.7. The van der Waals surface area contributed by atoms with Gasteiger partial charge in [0.05, 0.1) is 0 Å². The van der Waals surface area contributed by atoms with Gasteiger partial charge >= 0.3 is 0 Å². The van der Waals surface area contributed by atoms with Crippen LogP contribution < -0.4 is 5.73 Å². The minimum Gasteiger partial charge on any atom is -0.370 e. The van der Waals surface area contributed by atoms with Crippen LogP contribution in [0.1, 0.15) is 50.7 Å². The van der Waals surface area contributed by atoms with Crippen LogP contribution in [-0.2, 0) is 11.2 Å². The van der Waals surface area contributed by atoms with Crippen LogP contribution in [0.4, 0.5) is 0 Å². The fourth-order valence-electron chi connectivity index (χ4n) is 3.00. The highest BCUT2D eigenvalue weighted by atomic mass is 16.1. The Morgan fingerprint density at radius 3 is 2.70 bits per heavy atom. The summed E-state index contributed by atoms with van der Waals surface area (Å²) in [6, 6.07) is 6.37. The van der Waals surface area contributed by atoms with Crippen LogP contribution in [0.25, 0.3) is 10.9 Å². The Morgan fingerprint density at radius 1 is 1.35 bits per heavy atom. The van der Waals surface area contributed by atoms with Gasteiger partial charge in [-0.05, 0) is 35.8 Å². The van der Waals surface area contributed by atoms with Crippen molar-refractivity contribution in [3.05, 3.63) is 35.5 Å². The van der Waals surface area contributed by atoms with Crippen molar-refractivity contribution in [1.82, 2.24) is 4.98 Å². The van der Waals surface area contributed by atoms with E-state index < -0.39 is 0 Å². The first-order valence-corrected chi connectivity index (χ1v) is 7.40. The lowest BCUT2D eigenvalue weighted by atomic mass is 9.87. The number of hydrogen-bond donors (Lipinski definition) is 2. The lowest BCUT2D eigenvalue weighted by Crippen LogP contribution is -2.16. The Bertz CT molecular complexity index is 598. The van der Waals surface area contributed by atoms with Crippen LogP contribution in [0.2, 0.25) is 0 Å². The zero-order valence-electron chi connectivity index (χ0n) is 12.6. The molecule has 2 rings (SSSR count). The summed E-state index contributed by atoms with van der Waals surface area (Å²) in [7, 11) is 0. The molecule has 108 valence electrons. The molecule has 0 fully saturated rings. The van der Waals surface area contributed by atoms with Crippen LogP contribution >= 0.6 is 0 Å². The molecule has 0 spiro atoms. The first kappa shape index (κ1) is 14.6. The van der Waals surface area contributed by atoms with Crippen molar-refractivity contribution in [3.63, 3.8) is 0 Å². The first-order valence-electron chi connectivity index (χ1n) is 7.40. The van der Waals surface area contributed by atoms with E-state index in [0.29, 0.717) is 12.3 Å². The maximum Gasteiger partial charge on any atom is 0.218 e. The largest absolute Gasteiger partial charge is 0.370 e. The molecule has 0 saturated carbocycles. The number of nitrogens with two attached hydrogens (primary N) is 1. The second kappa shape index (κ2) is 6.12. The predicted molar refractivity (Wildman–Crippen MR) is 83.7 cm³/mol. The maximum atomic E-state index is 11.4. The second-order valence-electron chi connectivity index (χ2n) is 5.93. The summed E-state index contributed by atoms with van der Waals surface area (Å²) in [6.07, 6.45) is 4.45. The highest BCUT2D eigenvalue weighted by Gasteiger charge is 2.20. The number of hydrogen-bond acceptors (Lipinski definition) is 1. The molecule has 3 nitrogen and oxygen atoms in total. The first-order chi connectivity index (χ1) is 9.52. The number of aryl methyl sites for hydroxylation is 1. The van der Waals surface area contributed by atoms with Crippen molar-refractivity contribution in [2.45, 2.75) is 46.0 Å². The maximum absolute atomic E-state index is 11.4. The van der Waals surface area contributed by atoms with E-state index in [1.165, 1.54) is 22.0 Å². The normalized spacial score (nSPS) is 13.0. The molecule has 0 unspecified atom stereocenters. The quantitative estimate of drug-likeness (QED) is 0.827. The van der Waals surface area contributed by atoms with E-state index in [1.807, 2.05) is 0 Å². The van der Waals surface area contributed by atoms with Crippen LogP contribution in [0.5, 0.6) is 0 Å². The molecule has 0 aliphatic carbocycles. The number of carbonyl (C=O) groups excluding carboxylic acids is 1. The highest BCUT2D eigenvalue weighted by Crippen LogP contribution is 2.33. The summed E-state index contributed by atoms with van der Waals surface area (Å²) in [5, 5.41) is 1.23. The van der Waals surface area contributed by atoms with Gasteiger partial charge in [0.15, 0.2) is 0 Å². The number of amides is 1. The standard InChI is InChI=1S/C17H24N2O/c1-4-12-6-5-7-14-15(10-19-17(12)14)13(8-11(2)3)9-16(18)20/h5-7,10-11,13,19H,4,8-9H2,1-3H3,(H2,18,20)/t13-/m0/s1. The van der Waals surface area contributed by atoms with Crippen molar-refractivity contribution in [2.24, 2.45) is 11.7 Å². The molecule has 1 amide bonds. The number of fused-ring (bicyclic) bond motifs is 1. The lowest BCUT2D eigenvalue weighted by molar-refractivity contribution is -0.118. The lowest BCUT2D eigenvalue weighted by Gasteiger charge is -2.17. The Balaban J connectivity index is 2.45. The average Bonchev–Trinajstić information content (AvgIpc) is 2.80. The number of aromatic nitrogens is 1. The summed E-state index contributed by atoms with van der Waals surface area (Å²) in [4.78, 5) is 14.7. The Hall–Kier alpha value is -1.77. The monoisotopic (exact) mass is 272 g/mol. The molecular weight excluding hydrogens is 248 g/mol. The topological polar surface area (TPSA) is 58.9 Å². The van der Waals surface area contributed by atoms with Gasteiger partial charge in [-0.25, -0.2) is 0 Å². The number of primary amides is 1. The number of carbonyl (C=O) groups is 1. The van der Waals surface area contributed by atoms with Crippen LogP contribution in [0, 0.1) is 5.92 Å². The molecule has 3 N–H and O–H groups in total. The second-order valence-corrected chi connectivity index (χ2v) is 5.93. The number of benzene rings is 1. The summed E-state index contributed by atoms with van der Waals surface area (Å²) in [6.45, 7) is 6.52. The van der Waals surface area contributed by atoms with E-state index in [-0.39, 0.29) is 11.8 Å². The van der Waals surface area contributed by atoms with E-state index in [9.17, 15) is 4.79 Å². The molecule has 0 aliphatic heterocycles. The molecular formula is C17H24N2O. The summed E-state index contributed by atoms with van der Waals surface area (Å²) in [5.74, 6) is 0.517. The molecule has 0 aliphatic rings. The fourth-order valence-corrected chi connectivity index (χ4v) is 3.00. The van der Waals surface area contributed by atoms with Gasteiger partial charge < -0.3 is 10.7 Å². The highest BCUT2D eigenvalue weighted by molar-refractivity contribution is 5.87. The van der Waals surface area contributed by atoms with E-state index in [4.69, 9.17) is 5.73 Å². The molecule has 1 atom stereocenters. The number of H-pyrrole nitrogens is 1. The number of nitrogens with one attached hydrogen (secondary N) is 1. The molecule has 1 heterocycles. The molecule has 1 aromatic carbocycles. The van der Waals surface area contributed by atoms with Gasteiger partial charge in [-0.15, -0.1) is 0 Å². The average molecular weight is 272 g/mol. The summed E-state index contributed by atoms with van der Waals surface area (Å²) >= 11 is 0. The van der Waals surface area contributed by atoms with Gasteiger partial charge in [-0.1, -0.05) is 39.0 Å². The molecule has 3 heteroatoms. The molecule has 2 aromatic rings. The van der Waals surface area contributed by atoms with Crippen LogP contribution in [-0.4, -0.2) is 10.9 Å². The van der Waals surface area contributed by atoms with Crippen molar-refractivity contribution < 1.29 is 4.79 Å². The Labute approximate surface area is 120 Å². The number of aromatic amines is 1. The SMILES string of the molecule is CCc1cccc2c([C@H](CC(N)=O)CC(C)C)c[nH]c12. The Morgan fingerprint density at radius 2 is 2.10 bits per heavy atom. The third kappa shape index (κ3) is 3.03. The number of rotatable bonds is 6. The van der Waals surface area contributed by atoms with Crippen molar-refractivity contribution in [1.29, 1.82) is 0 Å². The zero-order valence-corrected chi connectivity index (χ0v) is 12.6. The number of para-hydroxylation sites is 1. The van der Waals surface area contributed by atoms with Crippen LogP contribution in [0.15, 0.2) is 24.4 Å². The van der Waals surface area contributed by atoms with Gasteiger partial charge in [-0.3, -0.25) is 4.79 Å². The van der Waals surface area contributed by atoms with Gasteiger partial charge in [0.2, 0.25) is 5.91 Å². The van der Waals surface area contributed by atoms with Crippen molar-refractivity contribution in [2.75, 3.05) is 0 Å². The molecule has 0 saturated heterocycles. The molecule has 0 radical (unpaired) electrons. The van der Waals surface area contributed by atoms with E-state index in [0.717, 1.165) is 12.8 Å². The fraction of sp³-hybridized carbons (Fsp3) is 0.471. The van der Waals surface area contributed by atoms with Gasteiger partial charge in [0.25, 0.3) is 0 Å². The predicted octanol–water partition coefficient (Wildman–Crippen LogP) is 3.74. The van der Waals surface area contributed by atoms with Gasteiger partial charge in [0, 0.05) is 23.5 Å². The molecule has 1 aromatic heterocycles. The minimum absolute atomic E-state index is 0.202. The molecule has 0 bridgehead atoms. The van der Waals surface area contributed by atoms with Crippen LogP contribution in [0.3, 0.4) is 0 Å². The summed E-state index contributed by atoms with van der Waals surface area (Å²) < 4.78 is 0. The molecule has 20 heavy (non-hydrogen) atoms. The van der Waals surface area contributed by atoms with Gasteiger partial charge in [-0.2, -0.15) is 0 Å². The third-order valence-corrected chi connectivity index (χ3v) is 3.86. The van der Waals surface area contributed by atoms with Crippen molar-refractivity contribution in [3.8, 4) is 0 Å². The third-order valence-electron chi connectivity index (χ3n) is 3.86. The van der Waals surface area contributed by atoms with E-state index in [1.54, 1.807) is 0 Å². The minimum atomic E-state index is -0.225. The van der Waals surface area contributed by atoms with E-state index >= 15 is 0 Å². The van der Waals surface area contributed by atoms with Gasteiger partial charge in [0.1, 0.15) is 0 Å². The Kier molecular flexibility index (Phi) is 4.48.